The zero-order valence-corrected chi connectivity index (χ0v) is 18.9. The zero-order chi connectivity index (χ0) is 21.0. The molecule has 0 N–H and O–H groups in total. The summed E-state index contributed by atoms with van der Waals surface area (Å²) in [5.41, 5.74) is 6.12. The van der Waals surface area contributed by atoms with Crippen molar-refractivity contribution in [1.82, 2.24) is 4.98 Å². The molecule has 3 aromatic rings. The van der Waals surface area contributed by atoms with Gasteiger partial charge in [-0.2, -0.15) is 0 Å². The van der Waals surface area contributed by atoms with E-state index in [4.69, 9.17) is 4.74 Å². The minimum absolute atomic E-state index is 0.847. The van der Waals surface area contributed by atoms with Gasteiger partial charge in [-0.15, -0.1) is 0 Å². The smallest absolute Gasteiger partial charge is 0.138 e. The van der Waals surface area contributed by atoms with Gasteiger partial charge in [0.15, 0.2) is 0 Å². The van der Waals surface area contributed by atoms with Crippen molar-refractivity contribution in [3.8, 4) is 11.5 Å². The molecule has 0 saturated heterocycles. The summed E-state index contributed by atoms with van der Waals surface area (Å²) in [7, 11) is 0. The van der Waals surface area contributed by atoms with Gasteiger partial charge >= 0.3 is 0 Å². The van der Waals surface area contributed by atoms with E-state index in [-0.39, 0.29) is 0 Å². The number of nitrogens with zero attached hydrogens (tertiary/aromatic N) is 1. The summed E-state index contributed by atoms with van der Waals surface area (Å²) in [4.78, 5) is 4.57. The highest BCUT2D eigenvalue weighted by atomic mass is 16.5. The van der Waals surface area contributed by atoms with Gasteiger partial charge in [0.25, 0.3) is 0 Å². The second-order valence-corrected chi connectivity index (χ2v) is 5.45. The van der Waals surface area contributed by atoms with Crippen molar-refractivity contribution in [2.75, 3.05) is 0 Å². The third kappa shape index (κ3) is 5.82. The molecule has 3 rings (SSSR count). The van der Waals surface area contributed by atoms with Gasteiger partial charge in [-0.25, -0.2) is 0 Å². The lowest BCUT2D eigenvalue weighted by Gasteiger charge is -2.16. The van der Waals surface area contributed by atoms with Crippen LogP contribution in [0.2, 0.25) is 0 Å². The number of rotatable bonds is 2. The minimum Gasteiger partial charge on any atom is -0.457 e. The van der Waals surface area contributed by atoms with Gasteiger partial charge in [-0.3, -0.25) is 4.98 Å². The topological polar surface area (TPSA) is 22.1 Å². The van der Waals surface area contributed by atoms with E-state index in [1.807, 2.05) is 84.1 Å². The predicted octanol–water partition coefficient (Wildman–Crippen LogP) is 8.34. The average Bonchev–Trinajstić information content (AvgIpc) is 2.75. The van der Waals surface area contributed by atoms with Crippen molar-refractivity contribution < 1.29 is 4.74 Å². The molecule has 0 aliphatic heterocycles. The van der Waals surface area contributed by atoms with E-state index >= 15 is 0 Å². The van der Waals surface area contributed by atoms with Gasteiger partial charge in [-0.1, -0.05) is 59.7 Å². The third-order valence-electron chi connectivity index (χ3n) is 4.30. The first-order valence-corrected chi connectivity index (χ1v) is 10.2. The summed E-state index contributed by atoms with van der Waals surface area (Å²) < 4.78 is 6.08. The van der Waals surface area contributed by atoms with Crippen molar-refractivity contribution in [2.24, 2.45) is 0 Å². The molecule has 0 bridgehead atoms. The van der Waals surface area contributed by atoms with Crippen molar-refractivity contribution >= 4 is 10.9 Å². The highest BCUT2D eigenvalue weighted by Crippen LogP contribution is 2.35. The molecule has 0 unspecified atom stereocenters. The Morgan fingerprint density at radius 1 is 0.630 bits per heavy atom. The Labute approximate surface area is 166 Å². The van der Waals surface area contributed by atoms with Crippen molar-refractivity contribution in [3.05, 3.63) is 64.8 Å². The number of fused-ring (bicyclic) bond motifs is 1. The van der Waals surface area contributed by atoms with Gasteiger partial charge in [0.1, 0.15) is 11.5 Å². The van der Waals surface area contributed by atoms with E-state index in [0.29, 0.717) is 0 Å². The first-order valence-electron chi connectivity index (χ1n) is 10.2. The second-order valence-electron chi connectivity index (χ2n) is 5.45. The molecular formula is C25H37NO. The van der Waals surface area contributed by atoms with Crippen LogP contribution in [0.3, 0.4) is 0 Å². The third-order valence-corrected chi connectivity index (χ3v) is 4.30. The largest absolute Gasteiger partial charge is 0.457 e. The van der Waals surface area contributed by atoms with E-state index in [1.54, 1.807) is 0 Å². The van der Waals surface area contributed by atoms with Crippen LogP contribution in [-0.4, -0.2) is 4.98 Å². The summed E-state index contributed by atoms with van der Waals surface area (Å²) in [6, 6.07) is 11.8. The molecule has 0 aliphatic carbocycles. The van der Waals surface area contributed by atoms with Gasteiger partial charge in [0.05, 0.1) is 5.52 Å². The Balaban J connectivity index is 0.00000103. The van der Waals surface area contributed by atoms with Crippen LogP contribution in [0, 0.1) is 27.7 Å². The number of ether oxygens (including phenoxy) is 1. The maximum atomic E-state index is 6.08. The van der Waals surface area contributed by atoms with Crippen LogP contribution < -0.4 is 4.74 Å². The Bertz CT molecular complexity index is 808. The standard InChI is InChI=1S/C19H19NO.3C2H6/c1-12-13(2)15(4)19-18(14(12)3)17(10-11-20-19)21-16-8-6-5-7-9-16;3*1-2/h5-11H,1-4H3;3*1-2H3. The summed E-state index contributed by atoms with van der Waals surface area (Å²) >= 11 is 0. The SMILES string of the molecule is CC.CC.CC.Cc1c(C)c(C)c2c(Oc3ccccc3)ccnc2c1C. The monoisotopic (exact) mass is 367 g/mol. The van der Waals surface area contributed by atoms with Crippen LogP contribution >= 0.6 is 0 Å². The Hall–Kier alpha value is -2.35. The molecule has 2 heteroatoms. The van der Waals surface area contributed by atoms with Gasteiger partial charge < -0.3 is 4.74 Å². The van der Waals surface area contributed by atoms with Crippen LogP contribution in [-0.2, 0) is 0 Å². The summed E-state index contributed by atoms with van der Waals surface area (Å²) in [5.74, 6) is 1.72. The average molecular weight is 368 g/mol. The van der Waals surface area contributed by atoms with Crippen molar-refractivity contribution in [3.63, 3.8) is 0 Å². The molecule has 0 spiro atoms. The molecule has 0 fully saturated rings. The van der Waals surface area contributed by atoms with E-state index < -0.39 is 0 Å². The molecule has 0 radical (unpaired) electrons. The van der Waals surface area contributed by atoms with Crippen LogP contribution in [0.5, 0.6) is 11.5 Å². The fourth-order valence-electron chi connectivity index (χ4n) is 2.72. The number of aryl methyl sites for hydroxylation is 2. The zero-order valence-electron chi connectivity index (χ0n) is 18.9. The summed E-state index contributed by atoms with van der Waals surface area (Å²) in [5, 5.41) is 1.11. The van der Waals surface area contributed by atoms with E-state index in [9.17, 15) is 0 Å². The maximum absolute atomic E-state index is 6.08. The number of benzene rings is 2. The molecule has 2 aromatic carbocycles. The quantitative estimate of drug-likeness (QED) is 0.454. The number of hydrogen-bond donors (Lipinski definition) is 0. The van der Waals surface area contributed by atoms with Gasteiger partial charge in [0, 0.05) is 11.6 Å². The highest BCUT2D eigenvalue weighted by molar-refractivity contribution is 5.92. The van der Waals surface area contributed by atoms with Crippen molar-refractivity contribution in [2.45, 2.75) is 69.2 Å². The van der Waals surface area contributed by atoms with E-state index in [1.165, 1.54) is 22.3 Å². The molecular weight excluding hydrogens is 330 g/mol. The normalized spacial score (nSPS) is 9.11. The molecule has 2 nitrogen and oxygen atoms in total. The Morgan fingerprint density at radius 2 is 1.15 bits per heavy atom. The number of pyridine rings is 1. The Morgan fingerprint density at radius 3 is 1.70 bits per heavy atom. The number of aromatic nitrogens is 1. The first-order chi connectivity index (χ1) is 13.1. The van der Waals surface area contributed by atoms with E-state index in [2.05, 4.69) is 32.7 Å². The predicted molar refractivity (Wildman–Crippen MR) is 121 cm³/mol. The van der Waals surface area contributed by atoms with Crippen LogP contribution in [0.4, 0.5) is 0 Å². The summed E-state index contributed by atoms with van der Waals surface area (Å²) in [6.45, 7) is 20.6. The van der Waals surface area contributed by atoms with Gasteiger partial charge in [0.2, 0.25) is 0 Å². The van der Waals surface area contributed by atoms with Gasteiger partial charge in [-0.05, 0) is 68.1 Å². The molecule has 1 aromatic heterocycles. The second kappa shape index (κ2) is 12.9. The molecule has 27 heavy (non-hydrogen) atoms. The van der Waals surface area contributed by atoms with Crippen molar-refractivity contribution in [1.29, 1.82) is 0 Å². The van der Waals surface area contributed by atoms with Crippen LogP contribution in [0.25, 0.3) is 10.9 Å². The molecule has 148 valence electrons. The minimum atomic E-state index is 0.847. The fraction of sp³-hybridized carbons (Fsp3) is 0.400. The van der Waals surface area contributed by atoms with E-state index in [0.717, 1.165) is 22.4 Å². The molecule has 0 amide bonds. The molecule has 0 saturated carbocycles. The molecule has 0 atom stereocenters. The highest BCUT2D eigenvalue weighted by Gasteiger charge is 2.14. The molecule has 0 aliphatic rings. The fourth-order valence-corrected chi connectivity index (χ4v) is 2.72. The number of hydrogen-bond acceptors (Lipinski definition) is 2. The first kappa shape index (κ1) is 24.7. The Kier molecular flexibility index (Phi) is 11.8. The maximum Gasteiger partial charge on any atom is 0.138 e. The lowest BCUT2D eigenvalue weighted by molar-refractivity contribution is 0.487. The lowest BCUT2D eigenvalue weighted by Crippen LogP contribution is -1.97. The van der Waals surface area contributed by atoms with Crippen LogP contribution in [0.1, 0.15) is 63.8 Å². The van der Waals surface area contributed by atoms with Crippen LogP contribution in [0.15, 0.2) is 42.6 Å². The number of para-hydroxylation sites is 1. The lowest BCUT2D eigenvalue weighted by atomic mass is 9.94. The summed E-state index contributed by atoms with van der Waals surface area (Å²) in [6.07, 6.45) is 1.82. The molecule has 1 heterocycles.